The largest absolute Gasteiger partial charge is 0.366 e. The standard InChI is InChI=1S/C16H14FNO/c1-3-11-4-5-12(9-15(11)17)13-6-10(2)7-14(8-13)16(18)19/h3-9H,1H2,2H3,(H2,18,19). The molecule has 2 aromatic rings. The molecular weight excluding hydrogens is 241 g/mol. The van der Waals surface area contributed by atoms with E-state index in [4.69, 9.17) is 5.73 Å². The smallest absolute Gasteiger partial charge is 0.248 e. The quantitative estimate of drug-likeness (QED) is 0.895. The highest BCUT2D eigenvalue weighted by molar-refractivity contribution is 5.94. The van der Waals surface area contributed by atoms with E-state index in [-0.39, 0.29) is 5.82 Å². The first-order valence-corrected chi connectivity index (χ1v) is 5.85. The lowest BCUT2D eigenvalue weighted by Gasteiger charge is -2.07. The van der Waals surface area contributed by atoms with Crippen molar-refractivity contribution in [3.63, 3.8) is 0 Å². The van der Waals surface area contributed by atoms with Crippen LogP contribution in [-0.4, -0.2) is 5.91 Å². The molecule has 2 aromatic carbocycles. The predicted molar refractivity (Wildman–Crippen MR) is 75.2 cm³/mol. The minimum Gasteiger partial charge on any atom is -0.366 e. The maximum atomic E-state index is 13.7. The van der Waals surface area contributed by atoms with Gasteiger partial charge in [0.1, 0.15) is 5.82 Å². The van der Waals surface area contributed by atoms with Crippen LogP contribution in [0.3, 0.4) is 0 Å². The molecule has 0 bridgehead atoms. The number of nitrogens with two attached hydrogens (primary N) is 1. The first-order valence-electron chi connectivity index (χ1n) is 5.85. The summed E-state index contributed by atoms with van der Waals surface area (Å²) in [7, 11) is 0. The van der Waals surface area contributed by atoms with Crippen LogP contribution in [0.5, 0.6) is 0 Å². The van der Waals surface area contributed by atoms with Gasteiger partial charge in [-0.15, -0.1) is 0 Å². The molecule has 2 rings (SSSR count). The Balaban J connectivity index is 2.55. The lowest BCUT2D eigenvalue weighted by molar-refractivity contribution is 0.1000. The average molecular weight is 255 g/mol. The van der Waals surface area contributed by atoms with Crippen LogP contribution in [-0.2, 0) is 0 Å². The molecule has 3 heteroatoms. The van der Waals surface area contributed by atoms with Gasteiger partial charge in [0.15, 0.2) is 0 Å². The summed E-state index contributed by atoms with van der Waals surface area (Å²) in [6, 6.07) is 10.1. The van der Waals surface area contributed by atoms with Crippen molar-refractivity contribution in [2.75, 3.05) is 0 Å². The van der Waals surface area contributed by atoms with Gasteiger partial charge in [-0.2, -0.15) is 0 Å². The third-order valence-corrected chi connectivity index (χ3v) is 2.92. The molecule has 0 aliphatic carbocycles. The number of aryl methyl sites for hydroxylation is 1. The number of rotatable bonds is 3. The number of primary amides is 1. The normalized spacial score (nSPS) is 10.2. The van der Waals surface area contributed by atoms with E-state index in [1.807, 2.05) is 13.0 Å². The van der Waals surface area contributed by atoms with Crippen LogP contribution in [0.2, 0.25) is 0 Å². The van der Waals surface area contributed by atoms with Crippen molar-refractivity contribution in [1.82, 2.24) is 0 Å². The van der Waals surface area contributed by atoms with Crippen LogP contribution in [0.1, 0.15) is 21.5 Å². The zero-order valence-electron chi connectivity index (χ0n) is 10.6. The Morgan fingerprint density at radius 2 is 1.95 bits per heavy atom. The summed E-state index contributed by atoms with van der Waals surface area (Å²) in [6.07, 6.45) is 1.46. The van der Waals surface area contributed by atoms with Crippen molar-refractivity contribution in [2.45, 2.75) is 6.92 Å². The van der Waals surface area contributed by atoms with Gasteiger partial charge in [-0.3, -0.25) is 4.79 Å². The van der Waals surface area contributed by atoms with Gasteiger partial charge < -0.3 is 5.73 Å². The lowest BCUT2D eigenvalue weighted by Crippen LogP contribution is -2.11. The molecule has 0 unspecified atom stereocenters. The molecule has 0 saturated carbocycles. The molecule has 0 spiro atoms. The number of halogens is 1. The van der Waals surface area contributed by atoms with E-state index in [1.54, 1.807) is 24.3 Å². The molecule has 96 valence electrons. The summed E-state index contributed by atoms with van der Waals surface area (Å²) in [5, 5.41) is 0. The first-order chi connectivity index (χ1) is 9.01. The third kappa shape index (κ3) is 2.71. The Hall–Kier alpha value is -2.42. The number of benzene rings is 2. The molecule has 1 amide bonds. The van der Waals surface area contributed by atoms with E-state index in [9.17, 15) is 9.18 Å². The van der Waals surface area contributed by atoms with Gasteiger partial charge in [-0.05, 0) is 41.8 Å². The van der Waals surface area contributed by atoms with Crippen LogP contribution in [0.25, 0.3) is 17.2 Å². The molecule has 19 heavy (non-hydrogen) atoms. The molecule has 0 saturated heterocycles. The van der Waals surface area contributed by atoms with E-state index in [2.05, 4.69) is 6.58 Å². The van der Waals surface area contributed by atoms with E-state index in [1.165, 1.54) is 12.1 Å². The van der Waals surface area contributed by atoms with E-state index in [0.29, 0.717) is 16.7 Å². The van der Waals surface area contributed by atoms with Gasteiger partial charge >= 0.3 is 0 Å². The van der Waals surface area contributed by atoms with Crippen LogP contribution >= 0.6 is 0 Å². The second-order valence-electron chi connectivity index (χ2n) is 4.39. The highest BCUT2D eigenvalue weighted by Crippen LogP contribution is 2.24. The topological polar surface area (TPSA) is 43.1 Å². The first kappa shape index (κ1) is 13.0. The second kappa shape index (κ2) is 5.06. The number of hydrogen-bond acceptors (Lipinski definition) is 1. The Morgan fingerprint density at radius 1 is 1.21 bits per heavy atom. The van der Waals surface area contributed by atoms with Crippen molar-refractivity contribution in [2.24, 2.45) is 5.73 Å². The minimum atomic E-state index is -0.492. The highest BCUT2D eigenvalue weighted by atomic mass is 19.1. The number of amides is 1. The maximum Gasteiger partial charge on any atom is 0.248 e. The molecule has 0 aliphatic rings. The molecule has 2 N–H and O–H groups in total. The molecule has 0 aliphatic heterocycles. The highest BCUT2D eigenvalue weighted by Gasteiger charge is 2.07. The number of carbonyl (C=O) groups is 1. The zero-order chi connectivity index (χ0) is 14.0. The van der Waals surface area contributed by atoms with Crippen molar-refractivity contribution in [1.29, 1.82) is 0 Å². The van der Waals surface area contributed by atoms with Gasteiger partial charge in [0.2, 0.25) is 5.91 Å². The molecule has 0 radical (unpaired) electrons. The van der Waals surface area contributed by atoms with Crippen LogP contribution < -0.4 is 5.73 Å². The number of carbonyl (C=O) groups excluding carboxylic acids is 1. The van der Waals surface area contributed by atoms with Gasteiger partial charge in [-0.25, -0.2) is 4.39 Å². The van der Waals surface area contributed by atoms with Gasteiger partial charge in [0.25, 0.3) is 0 Å². The maximum absolute atomic E-state index is 13.7. The van der Waals surface area contributed by atoms with Gasteiger partial charge in [0, 0.05) is 11.1 Å². The lowest BCUT2D eigenvalue weighted by atomic mass is 9.99. The zero-order valence-corrected chi connectivity index (χ0v) is 10.6. The second-order valence-corrected chi connectivity index (χ2v) is 4.39. The fraction of sp³-hybridized carbons (Fsp3) is 0.0625. The molecule has 0 aromatic heterocycles. The molecular formula is C16H14FNO. The monoisotopic (exact) mass is 255 g/mol. The Kier molecular flexibility index (Phi) is 3.47. The summed E-state index contributed by atoms with van der Waals surface area (Å²) < 4.78 is 13.7. The Labute approximate surface area is 111 Å². The summed E-state index contributed by atoms with van der Waals surface area (Å²) in [4.78, 5) is 11.2. The summed E-state index contributed by atoms with van der Waals surface area (Å²) in [5.41, 5.74) is 8.52. The fourth-order valence-electron chi connectivity index (χ4n) is 1.96. The summed E-state index contributed by atoms with van der Waals surface area (Å²) >= 11 is 0. The minimum absolute atomic E-state index is 0.338. The van der Waals surface area contributed by atoms with Crippen LogP contribution in [0.4, 0.5) is 4.39 Å². The Morgan fingerprint density at radius 3 is 2.53 bits per heavy atom. The van der Waals surface area contributed by atoms with E-state index >= 15 is 0 Å². The van der Waals surface area contributed by atoms with E-state index in [0.717, 1.165) is 11.1 Å². The fourth-order valence-corrected chi connectivity index (χ4v) is 1.96. The number of hydrogen-bond donors (Lipinski definition) is 1. The molecule has 0 atom stereocenters. The average Bonchev–Trinajstić information content (AvgIpc) is 2.37. The Bertz CT molecular complexity index is 662. The van der Waals surface area contributed by atoms with Crippen LogP contribution in [0.15, 0.2) is 43.0 Å². The molecule has 0 fully saturated rings. The summed E-state index contributed by atoms with van der Waals surface area (Å²) in [6.45, 7) is 5.41. The summed E-state index contributed by atoms with van der Waals surface area (Å²) in [5.74, 6) is -0.831. The van der Waals surface area contributed by atoms with Crippen molar-refractivity contribution >= 4 is 12.0 Å². The SMILES string of the molecule is C=Cc1ccc(-c2cc(C)cc(C(N)=O)c2)cc1F. The van der Waals surface area contributed by atoms with Gasteiger partial charge in [-0.1, -0.05) is 30.9 Å². The van der Waals surface area contributed by atoms with Crippen LogP contribution in [0, 0.1) is 12.7 Å². The predicted octanol–water partition coefficient (Wildman–Crippen LogP) is 3.54. The third-order valence-electron chi connectivity index (χ3n) is 2.92. The van der Waals surface area contributed by atoms with Crippen molar-refractivity contribution < 1.29 is 9.18 Å². The van der Waals surface area contributed by atoms with E-state index < -0.39 is 5.91 Å². The van der Waals surface area contributed by atoms with Crippen molar-refractivity contribution in [3.05, 3.63) is 65.5 Å². The molecule has 0 heterocycles. The van der Waals surface area contributed by atoms with Crippen molar-refractivity contribution in [3.8, 4) is 11.1 Å². The van der Waals surface area contributed by atoms with Gasteiger partial charge in [0.05, 0.1) is 0 Å². The molecule has 2 nitrogen and oxygen atoms in total.